The van der Waals surface area contributed by atoms with Crippen LogP contribution >= 0.6 is 12.2 Å². The number of nitrogens with zero attached hydrogens (tertiary/aromatic N) is 2. The van der Waals surface area contributed by atoms with Crippen LogP contribution in [0.3, 0.4) is 0 Å². The van der Waals surface area contributed by atoms with Crippen LogP contribution in [0.4, 0.5) is 13.2 Å². The summed E-state index contributed by atoms with van der Waals surface area (Å²) in [7, 11) is 3.78. The third-order valence-corrected chi connectivity index (χ3v) is 3.10. The fraction of sp³-hybridized carbons (Fsp3) is 0.909. The maximum Gasteiger partial charge on any atom is 0.399 e. The molecule has 0 aromatic carbocycles. The lowest BCUT2D eigenvalue weighted by Crippen LogP contribution is -2.48. The van der Waals surface area contributed by atoms with Gasteiger partial charge in [0.05, 0.1) is 4.99 Å². The summed E-state index contributed by atoms with van der Waals surface area (Å²) < 4.78 is 38.4. The summed E-state index contributed by atoms with van der Waals surface area (Å²) in [6.45, 7) is 4.78. The van der Waals surface area contributed by atoms with Crippen LogP contribution in [0.5, 0.6) is 0 Å². The number of thiocarbonyl (C=S) groups is 1. The summed E-state index contributed by atoms with van der Waals surface area (Å²) in [5.74, 6) is -1.74. The van der Waals surface area contributed by atoms with Crippen LogP contribution in [0.25, 0.3) is 0 Å². The highest BCUT2D eigenvalue weighted by atomic mass is 32.1. The van der Waals surface area contributed by atoms with Gasteiger partial charge in [-0.2, -0.15) is 13.2 Å². The van der Waals surface area contributed by atoms with Gasteiger partial charge >= 0.3 is 6.18 Å². The van der Waals surface area contributed by atoms with Gasteiger partial charge in [0.25, 0.3) is 0 Å². The minimum absolute atomic E-state index is 0.0178. The highest BCUT2D eigenvalue weighted by Gasteiger charge is 2.42. The van der Waals surface area contributed by atoms with Crippen LogP contribution in [-0.2, 0) is 0 Å². The standard InChI is InChI=1S/C11H22F3N3S/c1-5-17(8(2)6-16(3)4)7-9(10(15)18)11(12,13)14/h8-9H,5-7H2,1-4H3,(H2,15,18). The second-order valence-corrected chi connectivity index (χ2v) is 5.17. The summed E-state index contributed by atoms with van der Waals surface area (Å²) >= 11 is 4.53. The van der Waals surface area contributed by atoms with Crippen molar-refractivity contribution in [3.8, 4) is 0 Å². The van der Waals surface area contributed by atoms with Gasteiger partial charge in [0.15, 0.2) is 0 Å². The number of likely N-dealkylation sites (N-methyl/N-ethyl adjacent to an activating group) is 2. The molecule has 7 heteroatoms. The highest BCUT2D eigenvalue weighted by molar-refractivity contribution is 7.80. The fourth-order valence-corrected chi connectivity index (χ4v) is 2.06. The molecular weight excluding hydrogens is 263 g/mol. The van der Waals surface area contributed by atoms with E-state index >= 15 is 0 Å². The van der Waals surface area contributed by atoms with Crippen LogP contribution in [0, 0.1) is 5.92 Å². The van der Waals surface area contributed by atoms with Gasteiger partial charge in [-0.1, -0.05) is 19.1 Å². The molecule has 0 aliphatic carbocycles. The third kappa shape index (κ3) is 5.97. The Morgan fingerprint density at radius 3 is 2.06 bits per heavy atom. The van der Waals surface area contributed by atoms with E-state index in [0.717, 1.165) is 0 Å². The molecule has 0 fully saturated rings. The summed E-state index contributed by atoms with van der Waals surface area (Å²) in [5.41, 5.74) is 5.20. The lowest BCUT2D eigenvalue weighted by molar-refractivity contribution is -0.160. The van der Waals surface area contributed by atoms with E-state index in [2.05, 4.69) is 12.2 Å². The van der Waals surface area contributed by atoms with Crippen molar-refractivity contribution in [2.75, 3.05) is 33.7 Å². The molecule has 18 heavy (non-hydrogen) atoms. The Hall–Kier alpha value is -0.400. The van der Waals surface area contributed by atoms with E-state index in [1.54, 1.807) is 4.90 Å². The number of halogens is 3. The third-order valence-electron chi connectivity index (χ3n) is 2.81. The smallest absolute Gasteiger partial charge is 0.393 e. The van der Waals surface area contributed by atoms with Crippen molar-refractivity contribution in [3.63, 3.8) is 0 Å². The molecule has 0 bridgehead atoms. The molecule has 2 unspecified atom stereocenters. The Morgan fingerprint density at radius 1 is 1.28 bits per heavy atom. The SMILES string of the molecule is CCN(CC(C(N)=S)C(F)(F)F)C(C)CN(C)C. The van der Waals surface area contributed by atoms with Crippen molar-refractivity contribution in [2.45, 2.75) is 26.1 Å². The second kappa shape index (κ2) is 7.25. The van der Waals surface area contributed by atoms with Crippen molar-refractivity contribution in [3.05, 3.63) is 0 Å². The molecule has 2 atom stereocenters. The molecule has 0 aliphatic heterocycles. The average molecular weight is 285 g/mol. The van der Waals surface area contributed by atoms with Gasteiger partial charge < -0.3 is 10.6 Å². The average Bonchev–Trinajstić information content (AvgIpc) is 2.14. The largest absolute Gasteiger partial charge is 0.399 e. The number of nitrogens with two attached hydrogens (primary N) is 1. The minimum Gasteiger partial charge on any atom is -0.393 e. The number of hydrogen-bond acceptors (Lipinski definition) is 3. The summed E-state index contributed by atoms with van der Waals surface area (Å²) in [6.07, 6.45) is -4.38. The van der Waals surface area contributed by atoms with E-state index in [9.17, 15) is 13.2 Å². The summed E-state index contributed by atoms with van der Waals surface area (Å²) in [4.78, 5) is 3.20. The molecule has 2 N–H and O–H groups in total. The molecular formula is C11H22F3N3S. The second-order valence-electron chi connectivity index (χ2n) is 4.70. The Morgan fingerprint density at radius 2 is 1.78 bits per heavy atom. The van der Waals surface area contributed by atoms with Gasteiger partial charge in [-0.15, -0.1) is 0 Å². The Labute approximate surface area is 112 Å². The zero-order chi connectivity index (χ0) is 14.5. The van der Waals surface area contributed by atoms with Crippen molar-refractivity contribution in [2.24, 2.45) is 11.7 Å². The number of alkyl halides is 3. The van der Waals surface area contributed by atoms with Crippen LogP contribution in [0.15, 0.2) is 0 Å². The van der Waals surface area contributed by atoms with Crippen LogP contribution in [-0.4, -0.2) is 60.7 Å². The highest BCUT2D eigenvalue weighted by Crippen LogP contribution is 2.27. The van der Waals surface area contributed by atoms with Gasteiger partial charge in [-0.3, -0.25) is 4.90 Å². The number of rotatable bonds is 7. The molecule has 0 aliphatic rings. The maximum absolute atomic E-state index is 12.8. The van der Waals surface area contributed by atoms with E-state index in [-0.39, 0.29) is 12.6 Å². The van der Waals surface area contributed by atoms with Gasteiger partial charge in [-0.25, -0.2) is 0 Å². The van der Waals surface area contributed by atoms with E-state index in [1.807, 2.05) is 32.8 Å². The van der Waals surface area contributed by atoms with Crippen LogP contribution in [0.2, 0.25) is 0 Å². The lowest BCUT2D eigenvalue weighted by Gasteiger charge is -2.33. The zero-order valence-electron chi connectivity index (χ0n) is 11.3. The molecule has 108 valence electrons. The van der Waals surface area contributed by atoms with Gasteiger partial charge in [-0.05, 0) is 27.6 Å². The van der Waals surface area contributed by atoms with Crippen molar-refractivity contribution < 1.29 is 13.2 Å². The molecule has 0 amide bonds. The van der Waals surface area contributed by atoms with Crippen molar-refractivity contribution in [1.29, 1.82) is 0 Å². The molecule has 0 heterocycles. The normalized spacial score (nSPS) is 16.1. The first-order valence-electron chi connectivity index (χ1n) is 5.84. The van der Waals surface area contributed by atoms with Crippen LogP contribution < -0.4 is 5.73 Å². The molecule has 0 radical (unpaired) electrons. The predicted octanol–water partition coefficient (Wildman–Crippen LogP) is 1.72. The topological polar surface area (TPSA) is 32.5 Å². The first-order chi connectivity index (χ1) is 8.09. The van der Waals surface area contributed by atoms with E-state index in [1.165, 1.54) is 0 Å². The Bertz CT molecular complexity index is 269. The fourth-order valence-electron chi connectivity index (χ4n) is 1.85. The van der Waals surface area contributed by atoms with Crippen molar-refractivity contribution >= 4 is 17.2 Å². The van der Waals surface area contributed by atoms with Gasteiger partial charge in [0.1, 0.15) is 5.92 Å². The van der Waals surface area contributed by atoms with E-state index in [4.69, 9.17) is 5.73 Å². The zero-order valence-corrected chi connectivity index (χ0v) is 12.1. The van der Waals surface area contributed by atoms with E-state index < -0.39 is 17.1 Å². The Balaban J connectivity index is 4.72. The van der Waals surface area contributed by atoms with Crippen molar-refractivity contribution in [1.82, 2.24) is 9.80 Å². The Kier molecular flexibility index (Phi) is 7.09. The lowest BCUT2D eigenvalue weighted by atomic mass is 10.1. The monoisotopic (exact) mass is 285 g/mol. The minimum atomic E-state index is -4.38. The first-order valence-corrected chi connectivity index (χ1v) is 6.25. The summed E-state index contributed by atoms with van der Waals surface area (Å²) in [6, 6.07) is 0.0178. The molecule has 0 saturated heterocycles. The molecule has 0 aromatic rings. The molecule has 0 saturated carbocycles. The van der Waals surface area contributed by atoms with E-state index in [0.29, 0.717) is 13.1 Å². The predicted molar refractivity (Wildman–Crippen MR) is 71.6 cm³/mol. The number of hydrogen-bond donors (Lipinski definition) is 1. The maximum atomic E-state index is 12.8. The molecule has 0 aromatic heterocycles. The quantitative estimate of drug-likeness (QED) is 0.722. The van der Waals surface area contributed by atoms with Crippen LogP contribution in [0.1, 0.15) is 13.8 Å². The molecule has 0 spiro atoms. The van der Waals surface area contributed by atoms with Gasteiger partial charge in [0.2, 0.25) is 0 Å². The molecule has 0 rings (SSSR count). The van der Waals surface area contributed by atoms with Gasteiger partial charge in [0, 0.05) is 19.1 Å². The first kappa shape index (κ1) is 17.6. The summed E-state index contributed by atoms with van der Waals surface area (Å²) in [5, 5.41) is 0. The molecule has 3 nitrogen and oxygen atoms in total.